The van der Waals surface area contributed by atoms with Gasteiger partial charge in [-0.25, -0.2) is 4.79 Å². The van der Waals surface area contributed by atoms with Crippen molar-refractivity contribution in [2.45, 2.75) is 0 Å². The van der Waals surface area contributed by atoms with Crippen LogP contribution in [0.1, 0.15) is 10.6 Å². The van der Waals surface area contributed by atoms with Gasteiger partial charge in [-0.3, -0.25) is 4.98 Å². The van der Waals surface area contributed by atoms with Gasteiger partial charge in [0.1, 0.15) is 11.1 Å². The Hall–Kier alpha value is -3.14. The van der Waals surface area contributed by atoms with Crippen molar-refractivity contribution in [2.75, 3.05) is 0 Å². The number of pyridine rings is 1. The molecule has 4 nitrogen and oxygen atoms in total. The summed E-state index contributed by atoms with van der Waals surface area (Å²) in [5.74, 6) is 0.0621. The number of para-hydroxylation sites is 2. The fourth-order valence-electron chi connectivity index (χ4n) is 2.39. The van der Waals surface area contributed by atoms with Crippen LogP contribution in [0, 0.1) is 0 Å². The van der Waals surface area contributed by atoms with Crippen LogP contribution >= 0.6 is 0 Å². The van der Waals surface area contributed by atoms with Gasteiger partial charge >= 0.3 is 5.97 Å². The molecule has 4 heteroatoms. The van der Waals surface area contributed by atoms with Crippen LogP contribution in [0.15, 0.2) is 71.3 Å². The lowest BCUT2D eigenvalue weighted by atomic mass is 10.2. The summed E-state index contributed by atoms with van der Waals surface area (Å²) >= 11 is 0. The fraction of sp³-hybridized carbons (Fsp3) is 0. The summed E-state index contributed by atoms with van der Waals surface area (Å²) in [6.45, 7) is 0. The van der Waals surface area contributed by atoms with E-state index in [4.69, 9.17) is 9.15 Å². The van der Waals surface area contributed by atoms with Crippen molar-refractivity contribution >= 4 is 27.8 Å². The summed E-state index contributed by atoms with van der Waals surface area (Å²) in [4.78, 5) is 16.5. The number of esters is 1. The van der Waals surface area contributed by atoms with Crippen LogP contribution in [-0.2, 0) is 0 Å². The number of benzene rings is 2. The molecular weight excluding hydrogens is 278 g/mol. The number of rotatable bonds is 2. The predicted octanol–water partition coefficient (Wildman–Crippen LogP) is 4.20. The van der Waals surface area contributed by atoms with E-state index in [0.717, 1.165) is 10.8 Å². The minimum atomic E-state index is -0.533. The summed E-state index contributed by atoms with van der Waals surface area (Å²) < 4.78 is 11.0. The molecule has 0 aliphatic heterocycles. The highest BCUT2D eigenvalue weighted by atomic mass is 16.5. The van der Waals surface area contributed by atoms with E-state index in [1.54, 1.807) is 18.3 Å². The van der Waals surface area contributed by atoms with Crippen LogP contribution in [0.5, 0.6) is 5.75 Å². The number of ether oxygens (including phenoxy) is 1. The molecule has 0 bridgehead atoms. The second-order valence-electron chi connectivity index (χ2n) is 4.87. The summed E-state index contributed by atoms with van der Waals surface area (Å²) in [5.41, 5.74) is 1.31. The van der Waals surface area contributed by atoms with Gasteiger partial charge in [0.15, 0.2) is 5.75 Å². The van der Waals surface area contributed by atoms with E-state index in [9.17, 15) is 4.79 Å². The van der Waals surface area contributed by atoms with Gasteiger partial charge in [0.2, 0.25) is 5.76 Å². The Morgan fingerprint density at radius 2 is 1.77 bits per heavy atom. The molecule has 0 atom stereocenters. The summed E-state index contributed by atoms with van der Waals surface area (Å²) in [5, 5.41) is 1.78. The third kappa shape index (κ3) is 2.11. The van der Waals surface area contributed by atoms with Gasteiger partial charge < -0.3 is 9.15 Å². The average molecular weight is 289 g/mol. The number of carbonyl (C=O) groups excluding carboxylic acids is 1. The van der Waals surface area contributed by atoms with E-state index in [1.165, 1.54) is 0 Å². The molecule has 0 aliphatic rings. The van der Waals surface area contributed by atoms with E-state index >= 15 is 0 Å². The van der Waals surface area contributed by atoms with Crippen molar-refractivity contribution in [3.63, 3.8) is 0 Å². The molecule has 2 aromatic carbocycles. The molecule has 0 fully saturated rings. The highest BCUT2D eigenvalue weighted by Crippen LogP contribution is 2.25. The Morgan fingerprint density at radius 1 is 0.955 bits per heavy atom. The fourth-order valence-corrected chi connectivity index (χ4v) is 2.39. The normalized spacial score (nSPS) is 10.9. The van der Waals surface area contributed by atoms with Crippen molar-refractivity contribution in [1.29, 1.82) is 0 Å². The maximum absolute atomic E-state index is 12.3. The zero-order valence-corrected chi connectivity index (χ0v) is 11.5. The third-order valence-electron chi connectivity index (χ3n) is 3.43. The highest BCUT2D eigenvalue weighted by molar-refractivity contribution is 5.95. The Balaban J connectivity index is 1.71. The van der Waals surface area contributed by atoms with Crippen LogP contribution in [0.4, 0.5) is 0 Å². The molecule has 4 rings (SSSR count). The van der Waals surface area contributed by atoms with Gasteiger partial charge in [-0.2, -0.15) is 0 Å². The molecule has 2 aromatic heterocycles. The second kappa shape index (κ2) is 5.00. The van der Waals surface area contributed by atoms with Crippen molar-refractivity contribution in [3.05, 3.63) is 72.6 Å². The molecule has 0 saturated carbocycles. The maximum atomic E-state index is 12.3. The molecule has 0 amide bonds. The molecule has 4 aromatic rings. The van der Waals surface area contributed by atoms with Crippen molar-refractivity contribution in [3.8, 4) is 5.75 Å². The first-order valence-electron chi connectivity index (χ1n) is 6.86. The van der Waals surface area contributed by atoms with E-state index in [0.29, 0.717) is 16.8 Å². The first-order valence-corrected chi connectivity index (χ1v) is 6.86. The maximum Gasteiger partial charge on any atom is 0.379 e. The lowest BCUT2D eigenvalue weighted by Crippen LogP contribution is -2.07. The number of hydrogen-bond acceptors (Lipinski definition) is 4. The summed E-state index contributed by atoms with van der Waals surface area (Å²) in [6, 6.07) is 18.3. The number of hydrogen-bond donors (Lipinski definition) is 0. The highest BCUT2D eigenvalue weighted by Gasteiger charge is 2.16. The van der Waals surface area contributed by atoms with E-state index in [1.807, 2.05) is 48.5 Å². The van der Waals surface area contributed by atoms with Gasteiger partial charge in [-0.1, -0.05) is 36.4 Å². The Bertz CT molecular complexity index is 949. The van der Waals surface area contributed by atoms with Gasteiger partial charge in [0.25, 0.3) is 0 Å². The molecule has 0 unspecified atom stereocenters. The SMILES string of the molecule is O=C(Oc1cccc2cccnc12)c1cc2ccccc2o1. The van der Waals surface area contributed by atoms with Crippen molar-refractivity contribution in [1.82, 2.24) is 4.98 Å². The second-order valence-corrected chi connectivity index (χ2v) is 4.87. The largest absolute Gasteiger partial charge is 0.449 e. The van der Waals surface area contributed by atoms with Gasteiger partial charge in [0.05, 0.1) is 0 Å². The average Bonchev–Trinajstić information content (AvgIpc) is 2.99. The minimum Gasteiger partial charge on any atom is -0.449 e. The van der Waals surface area contributed by atoms with Gasteiger partial charge in [0, 0.05) is 17.0 Å². The lowest BCUT2D eigenvalue weighted by Gasteiger charge is -2.05. The van der Waals surface area contributed by atoms with E-state index in [-0.39, 0.29) is 5.76 Å². The van der Waals surface area contributed by atoms with E-state index < -0.39 is 5.97 Å². The molecule has 0 aliphatic carbocycles. The number of aromatic nitrogens is 1. The van der Waals surface area contributed by atoms with Crippen LogP contribution in [-0.4, -0.2) is 11.0 Å². The molecular formula is C18H11NO3. The molecule has 106 valence electrons. The number of furan rings is 1. The smallest absolute Gasteiger partial charge is 0.379 e. The van der Waals surface area contributed by atoms with Crippen LogP contribution in [0.3, 0.4) is 0 Å². The quantitative estimate of drug-likeness (QED) is 0.410. The van der Waals surface area contributed by atoms with E-state index in [2.05, 4.69) is 4.98 Å². The number of carbonyl (C=O) groups is 1. The molecule has 0 saturated heterocycles. The lowest BCUT2D eigenvalue weighted by molar-refractivity contribution is 0.0706. The summed E-state index contributed by atoms with van der Waals surface area (Å²) in [6.07, 6.45) is 1.67. The third-order valence-corrected chi connectivity index (χ3v) is 3.43. The Kier molecular flexibility index (Phi) is 2.86. The molecule has 2 heterocycles. The first kappa shape index (κ1) is 12.6. The van der Waals surface area contributed by atoms with Crippen LogP contribution in [0.2, 0.25) is 0 Å². The zero-order chi connectivity index (χ0) is 14.9. The molecule has 0 spiro atoms. The Labute approximate surface area is 126 Å². The standard InChI is InChI=1S/C18H11NO3/c20-18(16-11-13-5-1-2-8-14(13)21-16)22-15-9-3-6-12-7-4-10-19-17(12)15/h1-11H. The van der Waals surface area contributed by atoms with Crippen molar-refractivity contribution < 1.29 is 13.9 Å². The zero-order valence-electron chi connectivity index (χ0n) is 11.5. The Morgan fingerprint density at radius 3 is 2.68 bits per heavy atom. The molecule has 22 heavy (non-hydrogen) atoms. The summed E-state index contributed by atoms with van der Waals surface area (Å²) in [7, 11) is 0. The molecule has 0 radical (unpaired) electrons. The minimum absolute atomic E-state index is 0.175. The number of fused-ring (bicyclic) bond motifs is 2. The first-order chi connectivity index (χ1) is 10.8. The van der Waals surface area contributed by atoms with Crippen molar-refractivity contribution in [2.24, 2.45) is 0 Å². The monoisotopic (exact) mass is 289 g/mol. The number of nitrogens with zero attached hydrogens (tertiary/aromatic N) is 1. The van der Waals surface area contributed by atoms with Crippen LogP contribution < -0.4 is 4.74 Å². The van der Waals surface area contributed by atoms with Crippen LogP contribution in [0.25, 0.3) is 21.9 Å². The van der Waals surface area contributed by atoms with Gasteiger partial charge in [-0.05, 0) is 24.3 Å². The van der Waals surface area contributed by atoms with Gasteiger partial charge in [-0.15, -0.1) is 0 Å². The molecule has 0 N–H and O–H groups in total. The predicted molar refractivity (Wildman–Crippen MR) is 82.9 cm³/mol. The topological polar surface area (TPSA) is 52.3 Å².